The second-order valence-corrected chi connectivity index (χ2v) is 13.6. The summed E-state index contributed by atoms with van der Waals surface area (Å²) in [6.45, 7) is 13.0. The summed E-state index contributed by atoms with van der Waals surface area (Å²) in [7, 11) is 0. The molecule has 0 amide bonds. The van der Waals surface area contributed by atoms with Crippen molar-refractivity contribution in [3.8, 4) is 5.88 Å². The largest absolute Gasteiger partial charge is 0.477 e. The number of fused-ring (bicyclic) bond motifs is 1. The summed E-state index contributed by atoms with van der Waals surface area (Å²) in [5.74, 6) is 1.51. The van der Waals surface area contributed by atoms with E-state index in [4.69, 9.17) is 37.9 Å². The predicted octanol–water partition coefficient (Wildman–Crippen LogP) is 7.34. The summed E-state index contributed by atoms with van der Waals surface area (Å²) < 4.78 is 6.46. The van der Waals surface area contributed by atoms with E-state index in [0.717, 1.165) is 59.5 Å². The first kappa shape index (κ1) is 30.3. The highest BCUT2D eigenvalue weighted by atomic mass is 35.5. The number of rotatable bonds is 10. The molecule has 0 N–H and O–H groups in total. The Morgan fingerprint density at radius 2 is 1.35 bits per heavy atom. The van der Waals surface area contributed by atoms with Crippen molar-refractivity contribution in [3.63, 3.8) is 0 Å². The molecule has 4 aromatic rings. The smallest absolute Gasteiger partial charge is 0.224 e. The van der Waals surface area contributed by atoms with Gasteiger partial charge in [-0.3, -0.25) is 9.80 Å². The van der Waals surface area contributed by atoms with E-state index < -0.39 is 0 Å². The summed E-state index contributed by atoms with van der Waals surface area (Å²) in [5, 5.41) is 2.47. The van der Waals surface area contributed by atoms with Crippen molar-refractivity contribution in [2.75, 3.05) is 52.4 Å². The molecule has 2 fully saturated rings. The van der Waals surface area contributed by atoms with Gasteiger partial charge in [0, 0.05) is 48.2 Å². The standard InChI is InChI=1S/C35H41Cl2N5O/c1-35(2,24-41-17-5-6-18-41)25-43-34-30-7-3-4-8-31(30)38-32(39-34)23-40-19-21-42(22-20-40)33(26-9-13-28(36)14-10-26)27-11-15-29(37)16-12-27/h3-4,7-16,33H,5-6,17-25H2,1-2H3. The number of halogens is 2. The fourth-order valence-corrected chi connectivity index (χ4v) is 6.67. The van der Waals surface area contributed by atoms with Crippen LogP contribution in [0.25, 0.3) is 10.9 Å². The minimum absolute atomic E-state index is 0.0393. The predicted molar refractivity (Wildman–Crippen MR) is 176 cm³/mol. The van der Waals surface area contributed by atoms with Crippen molar-refractivity contribution < 1.29 is 4.74 Å². The van der Waals surface area contributed by atoms with Crippen molar-refractivity contribution in [2.45, 2.75) is 39.3 Å². The molecule has 3 heterocycles. The zero-order valence-corrected chi connectivity index (χ0v) is 26.7. The van der Waals surface area contributed by atoms with Crippen LogP contribution < -0.4 is 4.74 Å². The zero-order valence-electron chi connectivity index (χ0n) is 25.2. The number of para-hydroxylation sites is 1. The van der Waals surface area contributed by atoms with E-state index in [1.165, 1.54) is 37.1 Å². The quantitative estimate of drug-likeness (QED) is 0.185. The SMILES string of the molecule is CC(C)(COc1nc(CN2CCN(C(c3ccc(Cl)cc3)c3ccc(Cl)cc3)CC2)nc2ccccc12)CN1CCCC1. The third kappa shape index (κ3) is 7.68. The third-order valence-corrected chi connectivity index (χ3v) is 9.08. The second-order valence-electron chi connectivity index (χ2n) is 12.7. The molecule has 0 bridgehead atoms. The van der Waals surface area contributed by atoms with Crippen molar-refractivity contribution in [1.82, 2.24) is 24.7 Å². The van der Waals surface area contributed by atoms with Gasteiger partial charge in [0.25, 0.3) is 0 Å². The van der Waals surface area contributed by atoms with Gasteiger partial charge in [-0.1, -0.05) is 73.4 Å². The van der Waals surface area contributed by atoms with E-state index in [2.05, 4.69) is 64.9 Å². The number of ether oxygens (including phenoxy) is 1. The normalized spacial score (nSPS) is 17.2. The summed E-state index contributed by atoms with van der Waals surface area (Å²) in [4.78, 5) is 17.5. The molecule has 2 aliphatic rings. The molecule has 0 unspecified atom stereocenters. The maximum atomic E-state index is 6.46. The Morgan fingerprint density at radius 3 is 1.98 bits per heavy atom. The van der Waals surface area contributed by atoms with Crippen molar-refractivity contribution in [3.05, 3.63) is 99.8 Å². The molecule has 8 heteroatoms. The molecular weight excluding hydrogens is 577 g/mol. The van der Waals surface area contributed by atoms with E-state index >= 15 is 0 Å². The number of benzene rings is 3. The van der Waals surface area contributed by atoms with Crippen LogP contribution in [0.5, 0.6) is 5.88 Å². The Labute approximate surface area is 265 Å². The van der Waals surface area contributed by atoms with Gasteiger partial charge in [0.15, 0.2) is 0 Å². The maximum Gasteiger partial charge on any atom is 0.224 e. The average Bonchev–Trinajstić information content (AvgIpc) is 3.51. The molecule has 0 saturated carbocycles. The molecule has 2 saturated heterocycles. The minimum atomic E-state index is 0.0393. The first-order valence-electron chi connectivity index (χ1n) is 15.4. The van der Waals surface area contributed by atoms with E-state index in [1.807, 2.05) is 36.4 Å². The van der Waals surface area contributed by atoms with Crippen molar-refractivity contribution in [1.29, 1.82) is 0 Å². The lowest BCUT2D eigenvalue weighted by atomic mass is 9.94. The molecule has 2 aliphatic heterocycles. The number of aromatic nitrogens is 2. The number of hydrogen-bond donors (Lipinski definition) is 0. The highest BCUT2D eigenvalue weighted by molar-refractivity contribution is 6.30. The van der Waals surface area contributed by atoms with Crippen LogP contribution >= 0.6 is 23.2 Å². The van der Waals surface area contributed by atoms with Crippen LogP contribution in [0.15, 0.2) is 72.8 Å². The van der Waals surface area contributed by atoms with Crippen LogP contribution in [-0.4, -0.2) is 77.1 Å². The Bertz CT molecular complexity index is 1450. The lowest BCUT2D eigenvalue weighted by Crippen LogP contribution is -2.47. The van der Waals surface area contributed by atoms with Gasteiger partial charge in [0.05, 0.1) is 30.1 Å². The van der Waals surface area contributed by atoms with E-state index in [9.17, 15) is 0 Å². The third-order valence-electron chi connectivity index (χ3n) is 8.57. The second kappa shape index (κ2) is 13.5. The Balaban J connectivity index is 1.14. The van der Waals surface area contributed by atoms with Gasteiger partial charge in [0.2, 0.25) is 5.88 Å². The molecule has 0 spiro atoms. The van der Waals surface area contributed by atoms with Crippen LogP contribution in [0.4, 0.5) is 0 Å². The molecule has 226 valence electrons. The van der Waals surface area contributed by atoms with Gasteiger partial charge < -0.3 is 9.64 Å². The van der Waals surface area contributed by atoms with Gasteiger partial charge in [-0.25, -0.2) is 4.98 Å². The van der Waals surface area contributed by atoms with Crippen molar-refractivity contribution >= 4 is 34.1 Å². The first-order chi connectivity index (χ1) is 20.8. The monoisotopic (exact) mass is 617 g/mol. The number of hydrogen-bond acceptors (Lipinski definition) is 6. The highest BCUT2D eigenvalue weighted by Crippen LogP contribution is 2.32. The van der Waals surface area contributed by atoms with Gasteiger partial charge in [-0.15, -0.1) is 0 Å². The summed E-state index contributed by atoms with van der Waals surface area (Å²) in [6, 6.07) is 24.7. The molecular formula is C35H41Cl2N5O. The molecule has 6 rings (SSSR count). The molecule has 3 aromatic carbocycles. The van der Waals surface area contributed by atoms with Crippen LogP contribution in [-0.2, 0) is 6.54 Å². The number of likely N-dealkylation sites (tertiary alicyclic amines) is 1. The fourth-order valence-electron chi connectivity index (χ4n) is 6.41. The molecule has 6 nitrogen and oxygen atoms in total. The lowest BCUT2D eigenvalue weighted by molar-refractivity contribution is 0.102. The van der Waals surface area contributed by atoms with E-state index in [1.54, 1.807) is 0 Å². The zero-order chi connectivity index (χ0) is 29.8. The summed E-state index contributed by atoms with van der Waals surface area (Å²) in [5.41, 5.74) is 3.43. The van der Waals surface area contributed by atoms with Gasteiger partial charge in [0.1, 0.15) is 5.82 Å². The van der Waals surface area contributed by atoms with Crippen LogP contribution in [0.1, 0.15) is 49.7 Å². The van der Waals surface area contributed by atoms with Gasteiger partial charge in [-0.2, -0.15) is 4.98 Å². The van der Waals surface area contributed by atoms with Crippen LogP contribution in [0.2, 0.25) is 10.0 Å². The Kier molecular flexibility index (Phi) is 9.51. The molecule has 0 aliphatic carbocycles. The van der Waals surface area contributed by atoms with Crippen LogP contribution in [0, 0.1) is 5.41 Å². The summed E-state index contributed by atoms with van der Waals surface area (Å²) >= 11 is 12.5. The average molecular weight is 619 g/mol. The minimum Gasteiger partial charge on any atom is -0.477 e. The fraction of sp³-hybridized carbons (Fsp3) is 0.429. The number of nitrogens with zero attached hydrogens (tertiary/aromatic N) is 5. The first-order valence-corrected chi connectivity index (χ1v) is 16.2. The Morgan fingerprint density at radius 1 is 0.744 bits per heavy atom. The molecule has 0 atom stereocenters. The van der Waals surface area contributed by atoms with E-state index in [-0.39, 0.29) is 11.5 Å². The van der Waals surface area contributed by atoms with Crippen molar-refractivity contribution in [2.24, 2.45) is 5.41 Å². The lowest BCUT2D eigenvalue weighted by Gasteiger charge is -2.39. The highest BCUT2D eigenvalue weighted by Gasteiger charge is 2.28. The summed E-state index contributed by atoms with van der Waals surface area (Å²) in [6.07, 6.45) is 2.60. The van der Waals surface area contributed by atoms with Crippen LogP contribution in [0.3, 0.4) is 0 Å². The number of piperazine rings is 1. The van der Waals surface area contributed by atoms with E-state index in [0.29, 0.717) is 19.0 Å². The molecule has 43 heavy (non-hydrogen) atoms. The van der Waals surface area contributed by atoms with Gasteiger partial charge in [-0.05, 0) is 73.5 Å². The van der Waals surface area contributed by atoms with Gasteiger partial charge >= 0.3 is 0 Å². The molecule has 0 radical (unpaired) electrons. The topological polar surface area (TPSA) is 44.7 Å². The molecule has 1 aromatic heterocycles. The maximum absolute atomic E-state index is 6.46. The Hall–Kier alpha value is -2.74.